The summed E-state index contributed by atoms with van der Waals surface area (Å²) < 4.78 is 10.7. The lowest BCUT2D eigenvalue weighted by atomic mass is 10.0. The molecule has 2 aromatic carbocycles. The zero-order chi connectivity index (χ0) is 20.5. The van der Waals surface area contributed by atoms with E-state index in [4.69, 9.17) is 9.47 Å². The number of amides is 1. The first-order chi connectivity index (χ1) is 14.2. The fourth-order valence-electron chi connectivity index (χ4n) is 3.67. The van der Waals surface area contributed by atoms with Gasteiger partial charge in [0, 0.05) is 26.1 Å². The number of morpholine rings is 1. The van der Waals surface area contributed by atoms with Crippen LogP contribution in [0.25, 0.3) is 0 Å². The van der Waals surface area contributed by atoms with Crippen LogP contribution in [0.1, 0.15) is 36.1 Å². The molecular weight excluding hydrogens is 364 g/mol. The summed E-state index contributed by atoms with van der Waals surface area (Å²) >= 11 is 0. The molecule has 3 rings (SSSR count). The predicted molar refractivity (Wildman–Crippen MR) is 115 cm³/mol. The summed E-state index contributed by atoms with van der Waals surface area (Å²) in [5.74, 6) is 0.921. The van der Waals surface area contributed by atoms with Crippen LogP contribution in [-0.2, 0) is 22.4 Å². The summed E-state index contributed by atoms with van der Waals surface area (Å²) in [4.78, 5) is 14.9. The highest BCUT2D eigenvalue weighted by molar-refractivity contribution is 5.76. The van der Waals surface area contributed by atoms with Crippen LogP contribution in [0.3, 0.4) is 0 Å². The maximum absolute atomic E-state index is 12.5. The standard InChI is InChI=1S/C24H32N2O3/c1-3-19-4-9-21(10-5-19)23(26-14-16-29-17-15-26)18-25-24(27)13-8-20-6-11-22(28-2)12-7-20/h4-7,9-12,23H,3,8,13-18H2,1-2H3,(H,25,27). The zero-order valence-corrected chi connectivity index (χ0v) is 17.5. The van der Waals surface area contributed by atoms with Crippen molar-refractivity contribution in [3.63, 3.8) is 0 Å². The van der Waals surface area contributed by atoms with Crippen LogP contribution >= 0.6 is 0 Å². The molecule has 0 radical (unpaired) electrons. The molecule has 0 aliphatic carbocycles. The third-order valence-electron chi connectivity index (χ3n) is 5.55. The van der Waals surface area contributed by atoms with Crippen LogP contribution < -0.4 is 10.1 Å². The summed E-state index contributed by atoms with van der Waals surface area (Å²) in [6.45, 7) is 6.05. The second-order valence-electron chi connectivity index (χ2n) is 7.41. The Hall–Kier alpha value is -2.37. The van der Waals surface area contributed by atoms with Crippen molar-refractivity contribution in [2.24, 2.45) is 0 Å². The van der Waals surface area contributed by atoms with E-state index in [1.165, 1.54) is 11.1 Å². The smallest absolute Gasteiger partial charge is 0.220 e. The SMILES string of the molecule is CCc1ccc(C(CNC(=O)CCc2ccc(OC)cc2)N2CCOCC2)cc1. The van der Waals surface area contributed by atoms with Crippen molar-refractivity contribution in [2.45, 2.75) is 32.2 Å². The normalized spacial score (nSPS) is 15.7. The third-order valence-corrected chi connectivity index (χ3v) is 5.55. The van der Waals surface area contributed by atoms with Crippen LogP contribution in [-0.4, -0.2) is 50.8 Å². The van der Waals surface area contributed by atoms with Gasteiger partial charge in [0.05, 0.1) is 26.4 Å². The van der Waals surface area contributed by atoms with Gasteiger partial charge in [-0.05, 0) is 41.7 Å². The van der Waals surface area contributed by atoms with Crippen molar-refractivity contribution in [1.82, 2.24) is 10.2 Å². The highest BCUT2D eigenvalue weighted by atomic mass is 16.5. The van der Waals surface area contributed by atoms with E-state index in [1.807, 2.05) is 24.3 Å². The van der Waals surface area contributed by atoms with Crippen molar-refractivity contribution in [1.29, 1.82) is 0 Å². The van der Waals surface area contributed by atoms with E-state index in [1.54, 1.807) is 7.11 Å². The number of nitrogens with zero attached hydrogens (tertiary/aromatic N) is 1. The number of methoxy groups -OCH3 is 1. The van der Waals surface area contributed by atoms with E-state index in [9.17, 15) is 4.79 Å². The molecule has 1 N–H and O–H groups in total. The number of nitrogens with one attached hydrogen (secondary N) is 1. The molecule has 0 spiro atoms. The van der Waals surface area contributed by atoms with E-state index in [0.717, 1.165) is 50.5 Å². The minimum absolute atomic E-state index is 0.0873. The van der Waals surface area contributed by atoms with E-state index in [-0.39, 0.29) is 11.9 Å². The first kappa shape index (κ1) is 21.3. The lowest BCUT2D eigenvalue weighted by molar-refractivity contribution is -0.121. The first-order valence-electron chi connectivity index (χ1n) is 10.5. The number of carbonyl (C=O) groups excluding carboxylic acids is 1. The average Bonchev–Trinajstić information content (AvgIpc) is 2.79. The molecular formula is C24H32N2O3. The monoisotopic (exact) mass is 396 g/mol. The van der Waals surface area contributed by atoms with E-state index >= 15 is 0 Å². The second kappa shape index (κ2) is 11.0. The fourth-order valence-corrected chi connectivity index (χ4v) is 3.67. The van der Waals surface area contributed by atoms with Gasteiger partial charge in [0.2, 0.25) is 5.91 Å². The molecule has 1 aliphatic heterocycles. The van der Waals surface area contributed by atoms with Gasteiger partial charge >= 0.3 is 0 Å². The molecule has 156 valence electrons. The van der Waals surface area contributed by atoms with Gasteiger partial charge in [0.15, 0.2) is 0 Å². The molecule has 1 saturated heterocycles. The Kier molecular flexibility index (Phi) is 8.08. The van der Waals surface area contributed by atoms with Crippen LogP contribution in [0.15, 0.2) is 48.5 Å². The molecule has 5 nitrogen and oxygen atoms in total. The van der Waals surface area contributed by atoms with Gasteiger partial charge in [-0.25, -0.2) is 0 Å². The largest absolute Gasteiger partial charge is 0.497 e. The van der Waals surface area contributed by atoms with Crippen molar-refractivity contribution in [3.05, 3.63) is 65.2 Å². The lowest BCUT2D eigenvalue weighted by Gasteiger charge is -2.35. The molecule has 5 heteroatoms. The molecule has 1 unspecified atom stereocenters. The van der Waals surface area contributed by atoms with Gasteiger partial charge in [-0.1, -0.05) is 43.3 Å². The number of hydrogen-bond donors (Lipinski definition) is 1. The molecule has 1 aliphatic rings. The van der Waals surface area contributed by atoms with Crippen molar-refractivity contribution < 1.29 is 14.3 Å². The Morgan fingerprint density at radius 2 is 1.72 bits per heavy atom. The van der Waals surface area contributed by atoms with Crippen molar-refractivity contribution in [3.8, 4) is 5.75 Å². The number of aryl methyl sites for hydroxylation is 2. The summed E-state index contributed by atoms with van der Waals surface area (Å²) in [6, 6.07) is 16.8. The Labute approximate surface area is 174 Å². The average molecular weight is 397 g/mol. The minimum Gasteiger partial charge on any atom is -0.497 e. The predicted octanol–water partition coefficient (Wildman–Crippen LogP) is 3.38. The molecule has 0 bridgehead atoms. The van der Waals surface area contributed by atoms with E-state index in [2.05, 4.69) is 41.4 Å². The Balaban J connectivity index is 1.56. The van der Waals surface area contributed by atoms with E-state index in [0.29, 0.717) is 13.0 Å². The van der Waals surface area contributed by atoms with Crippen molar-refractivity contribution in [2.75, 3.05) is 40.0 Å². The topological polar surface area (TPSA) is 50.8 Å². The highest BCUT2D eigenvalue weighted by Gasteiger charge is 2.23. The van der Waals surface area contributed by atoms with Gasteiger partial charge in [-0.15, -0.1) is 0 Å². The molecule has 2 aromatic rings. The molecule has 0 aromatic heterocycles. The molecule has 29 heavy (non-hydrogen) atoms. The highest BCUT2D eigenvalue weighted by Crippen LogP contribution is 2.22. The van der Waals surface area contributed by atoms with Crippen LogP contribution in [0.2, 0.25) is 0 Å². The van der Waals surface area contributed by atoms with Crippen molar-refractivity contribution >= 4 is 5.91 Å². The summed E-state index contributed by atoms with van der Waals surface area (Å²) in [5, 5.41) is 3.15. The van der Waals surface area contributed by atoms with Crippen LogP contribution in [0.5, 0.6) is 5.75 Å². The number of benzene rings is 2. The quantitative estimate of drug-likeness (QED) is 0.706. The molecule has 1 amide bonds. The van der Waals surface area contributed by atoms with Gasteiger partial charge < -0.3 is 14.8 Å². The number of rotatable bonds is 9. The Morgan fingerprint density at radius 3 is 2.34 bits per heavy atom. The molecule has 1 atom stereocenters. The van der Waals surface area contributed by atoms with Gasteiger partial charge in [-0.3, -0.25) is 9.69 Å². The summed E-state index contributed by atoms with van der Waals surface area (Å²) in [6.07, 6.45) is 2.24. The maximum Gasteiger partial charge on any atom is 0.220 e. The Bertz CT molecular complexity index is 753. The van der Waals surface area contributed by atoms with E-state index < -0.39 is 0 Å². The molecule has 1 heterocycles. The van der Waals surface area contributed by atoms with Crippen LogP contribution in [0, 0.1) is 0 Å². The summed E-state index contributed by atoms with van der Waals surface area (Å²) in [5.41, 5.74) is 3.72. The molecule has 0 saturated carbocycles. The Morgan fingerprint density at radius 1 is 1.07 bits per heavy atom. The first-order valence-corrected chi connectivity index (χ1v) is 10.5. The van der Waals surface area contributed by atoms with Gasteiger partial charge in [0.25, 0.3) is 0 Å². The summed E-state index contributed by atoms with van der Waals surface area (Å²) in [7, 11) is 1.66. The minimum atomic E-state index is 0.0873. The molecule has 1 fully saturated rings. The maximum atomic E-state index is 12.5. The van der Waals surface area contributed by atoms with Gasteiger partial charge in [0.1, 0.15) is 5.75 Å². The van der Waals surface area contributed by atoms with Gasteiger partial charge in [-0.2, -0.15) is 0 Å². The number of ether oxygens (including phenoxy) is 2. The van der Waals surface area contributed by atoms with Crippen LogP contribution in [0.4, 0.5) is 0 Å². The zero-order valence-electron chi connectivity index (χ0n) is 17.5. The third kappa shape index (κ3) is 6.31. The number of carbonyl (C=O) groups is 1. The second-order valence-corrected chi connectivity index (χ2v) is 7.41. The lowest BCUT2D eigenvalue weighted by Crippen LogP contribution is -2.43. The fraction of sp³-hybridized carbons (Fsp3) is 0.458. The number of hydrogen-bond acceptors (Lipinski definition) is 4.